The number of hydrazone groups is 1. The molecule has 3 rings (SSSR count). The Morgan fingerprint density at radius 2 is 2.16 bits per heavy atom. The minimum Gasteiger partial charge on any atom is -0.378 e. The Balaban J connectivity index is 1.75. The van der Waals surface area contributed by atoms with Crippen LogP contribution in [-0.2, 0) is 4.74 Å². The summed E-state index contributed by atoms with van der Waals surface area (Å²) in [5, 5.41) is 4.84. The maximum absolute atomic E-state index is 14.0. The lowest BCUT2D eigenvalue weighted by Crippen LogP contribution is -2.37. The summed E-state index contributed by atoms with van der Waals surface area (Å²) < 4.78 is 19.3. The number of aromatic nitrogens is 2. The van der Waals surface area contributed by atoms with E-state index in [-0.39, 0.29) is 11.8 Å². The van der Waals surface area contributed by atoms with E-state index in [9.17, 15) is 4.39 Å². The van der Waals surface area contributed by atoms with Gasteiger partial charge in [-0.1, -0.05) is 23.1 Å². The van der Waals surface area contributed by atoms with Gasteiger partial charge in [0.15, 0.2) is 11.6 Å². The highest BCUT2D eigenvalue weighted by atomic mass is 35.5. The van der Waals surface area contributed by atoms with E-state index in [1.807, 2.05) is 31.8 Å². The highest BCUT2D eigenvalue weighted by Crippen LogP contribution is 2.19. The zero-order valence-corrected chi connectivity index (χ0v) is 14.8. The Kier molecular flexibility index (Phi) is 5.50. The summed E-state index contributed by atoms with van der Waals surface area (Å²) in [4.78, 5) is 9.98. The first kappa shape index (κ1) is 17.6. The number of morpholine rings is 1. The van der Waals surface area contributed by atoms with Crippen LogP contribution in [0.25, 0.3) is 0 Å². The second-order valence-corrected chi connectivity index (χ2v) is 6.20. The monoisotopic (exact) mass is 361 g/mol. The predicted octanol–water partition coefficient (Wildman–Crippen LogP) is 1.12. The van der Waals surface area contributed by atoms with Crippen LogP contribution in [0, 0.1) is 12.7 Å². The van der Waals surface area contributed by atoms with E-state index < -0.39 is 5.82 Å². The highest BCUT2D eigenvalue weighted by molar-refractivity contribution is 6.37. The number of hydrogen-bond acceptors (Lipinski definition) is 6. The molecule has 1 fully saturated rings. The molecule has 0 spiro atoms. The van der Waals surface area contributed by atoms with Crippen LogP contribution < -0.4 is 15.8 Å². The first-order chi connectivity index (χ1) is 12.0. The van der Waals surface area contributed by atoms with Crippen molar-refractivity contribution in [1.29, 1.82) is 0 Å². The zero-order chi connectivity index (χ0) is 17.8. The molecule has 25 heavy (non-hydrogen) atoms. The molecule has 0 unspecified atom stereocenters. The summed E-state index contributed by atoms with van der Waals surface area (Å²) in [5.74, 6) is 0.0269. The Morgan fingerprint density at radius 1 is 1.40 bits per heavy atom. The van der Waals surface area contributed by atoms with Crippen LogP contribution in [0.3, 0.4) is 0 Å². The number of nitrogens with zero attached hydrogens (tertiary/aromatic N) is 4. The minimum absolute atomic E-state index is 0.232. The molecule has 130 valence electrons. The Morgan fingerprint density at radius 3 is 2.92 bits per heavy atom. The highest BCUT2D eigenvalue weighted by Gasteiger charge is 2.17. The van der Waals surface area contributed by atoms with Crippen molar-refractivity contribution < 1.29 is 9.13 Å². The van der Waals surface area contributed by atoms with Gasteiger partial charge >= 0.3 is 0 Å². The number of hydrogen-bond donors (Lipinski definition) is 1. The third-order valence-electron chi connectivity index (χ3n) is 3.93. The number of rotatable bonds is 4. The summed E-state index contributed by atoms with van der Waals surface area (Å²) in [6.07, 6.45) is 2.79. The summed E-state index contributed by atoms with van der Waals surface area (Å²) in [6.45, 7) is 4.22. The van der Waals surface area contributed by atoms with E-state index >= 15 is 0 Å². The van der Waals surface area contributed by atoms with Gasteiger partial charge in [0.2, 0.25) is 5.95 Å². The lowest BCUT2D eigenvalue weighted by molar-refractivity contribution is 0.122. The Hall–Kier alpha value is -2.19. The van der Waals surface area contributed by atoms with Crippen molar-refractivity contribution in [3.8, 4) is 0 Å². The topological polar surface area (TPSA) is 62.6 Å². The van der Waals surface area contributed by atoms with Gasteiger partial charge in [-0.2, -0.15) is 10.1 Å². The van der Waals surface area contributed by atoms with Crippen molar-refractivity contribution in [2.45, 2.75) is 6.92 Å². The van der Waals surface area contributed by atoms with E-state index in [4.69, 9.17) is 16.3 Å². The maximum atomic E-state index is 14.0. The molecule has 1 aliphatic heterocycles. The van der Waals surface area contributed by atoms with Gasteiger partial charge in [0.1, 0.15) is 7.85 Å². The molecule has 2 heterocycles. The number of anilines is 2. The third kappa shape index (κ3) is 4.26. The van der Waals surface area contributed by atoms with Crippen molar-refractivity contribution in [3.63, 3.8) is 0 Å². The van der Waals surface area contributed by atoms with Crippen molar-refractivity contribution in [2.75, 3.05) is 36.6 Å². The normalized spacial score (nSPS) is 14.9. The van der Waals surface area contributed by atoms with Crippen molar-refractivity contribution in [2.24, 2.45) is 5.10 Å². The van der Waals surface area contributed by atoms with Crippen molar-refractivity contribution >= 4 is 42.9 Å². The standard InChI is InChI=1S/C16H18BClFN5O/c1-10-11(6-12(17)7-13(10)18)8-21-23-16-20-9-14(19)15(22-16)24-2-4-25-5-3-24/h6-9H,2-5,17H2,1H3,(H,20,22,23)/b21-8+. The van der Waals surface area contributed by atoms with Crippen molar-refractivity contribution in [3.05, 3.63) is 40.3 Å². The fourth-order valence-corrected chi connectivity index (χ4v) is 2.83. The minimum atomic E-state index is -0.460. The van der Waals surface area contributed by atoms with Crippen LogP contribution in [0.5, 0.6) is 0 Å². The van der Waals surface area contributed by atoms with E-state index in [1.54, 1.807) is 6.21 Å². The second-order valence-electron chi connectivity index (χ2n) is 5.80. The molecule has 1 aromatic carbocycles. The Labute approximate surface area is 151 Å². The predicted molar refractivity (Wildman–Crippen MR) is 101 cm³/mol. The van der Waals surface area contributed by atoms with Crippen LogP contribution in [-0.4, -0.2) is 50.3 Å². The number of halogens is 2. The summed E-state index contributed by atoms with van der Waals surface area (Å²) in [6, 6.07) is 3.89. The molecule has 9 heteroatoms. The van der Waals surface area contributed by atoms with Crippen LogP contribution in [0.2, 0.25) is 5.02 Å². The molecule has 0 radical (unpaired) electrons. The lowest BCUT2D eigenvalue weighted by Gasteiger charge is -2.27. The molecule has 0 saturated carbocycles. The van der Waals surface area contributed by atoms with E-state index in [0.717, 1.165) is 22.8 Å². The van der Waals surface area contributed by atoms with Gasteiger partial charge in [0.05, 0.1) is 25.6 Å². The number of benzene rings is 1. The molecule has 1 N–H and O–H groups in total. The quantitative estimate of drug-likeness (QED) is 0.502. The molecule has 1 aromatic heterocycles. The average molecular weight is 362 g/mol. The summed E-state index contributed by atoms with van der Waals surface area (Å²) in [5.41, 5.74) is 5.62. The van der Waals surface area contributed by atoms with Crippen LogP contribution >= 0.6 is 11.6 Å². The van der Waals surface area contributed by atoms with Gasteiger partial charge in [-0.15, -0.1) is 0 Å². The molecule has 0 bridgehead atoms. The molecule has 2 aromatic rings. The average Bonchev–Trinajstić information content (AvgIpc) is 2.61. The fourth-order valence-electron chi connectivity index (χ4n) is 2.54. The van der Waals surface area contributed by atoms with Gasteiger partial charge in [0.25, 0.3) is 0 Å². The fraction of sp³-hybridized carbons (Fsp3) is 0.312. The molecule has 0 atom stereocenters. The first-order valence-electron chi connectivity index (χ1n) is 7.95. The largest absolute Gasteiger partial charge is 0.378 e. The summed E-state index contributed by atoms with van der Waals surface area (Å²) in [7, 11) is 1.97. The lowest BCUT2D eigenvalue weighted by atomic mass is 9.92. The van der Waals surface area contributed by atoms with Gasteiger partial charge in [-0.3, -0.25) is 0 Å². The third-order valence-corrected chi connectivity index (χ3v) is 4.33. The Bertz CT molecular complexity index is 798. The smallest absolute Gasteiger partial charge is 0.245 e. The zero-order valence-electron chi connectivity index (χ0n) is 14.1. The van der Waals surface area contributed by atoms with E-state index in [0.29, 0.717) is 31.3 Å². The molecular formula is C16H18BClFN5O. The molecular weight excluding hydrogens is 343 g/mol. The number of ether oxygens (including phenoxy) is 1. The van der Waals surface area contributed by atoms with Crippen LogP contribution in [0.4, 0.5) is 16.2 Å². The maximum Gasteiger partial charge on any atom is 0.245 e. The van der Waals surface area contributed by atoms with Gasteiger partial charge in [-0.05, 0) is 24.1 Å². The molecule has 1 aliphatic rings. The molecule has 0 aliphatic carbocycles. The SMILES string of the molecule is Bc1cc(Cl)c(C)c(/C=N/Nc2ncc(F)c(N3CCOCC3)n2)c1. The molecule has 0 amide bonds. The second kappa shape index (κ2) is 7.80. The van der Waals surface area contributed by atoms with Crippen LogP contribution in [0.1, 0.15) is 11.1 Å². The molecule has 1 saturated heterocycles. The number of nitrogens with one attached hydrogen (secondary N) is 1. The van der Waals surface area contributed by atoms with E-state index in [2.05, 4.69) is 20.5 Å². The van der Waals surface area contributed by atoms with Gasteiger partial charge < -0.3 is 9.64 Å². The van der Waals surface area contributed by atoms with Gasteiger partial charge in [-0.25, -0.2) is 14.8 Å². The van der Waals surface area contributed by atoms with Gasteiger partial charge in [0, 0.05) is 18.1 Å². The van der Waals surface area contributed by atoms with Crippen LogP contribution in [0.15, 0.2) is 23.4 Å². The van der Waals surface area contributed by atoms with E-state index in [1.165, 1.54) is 0 Å². The molecule has 6 nitrogen and oxygen atoms in total. The van der Waals surface area contributed by atoms with Crippen molar-refractivity contribution in [1.82, 2.24) is 9.97 Å². The summed E-state index contributed by atoms with van der Waals surface area (Å²) >= 11 is 6.18. The first-order valence-corrected chi connectivity index (χ1v) is 8.33.